The van der Waals surface area contributed by atoms with E-state index in [1.807, 2.05) is 0 Å². The van der Waals surface area contributed by atoms with Gasteiger partial charge in [-0.05, 0) is 48.1 Å². The van der Waals surface area contributed by atoms with Crippen LogP contribution in [0.15, 0.2) is 36.4 Å². The van der Waals surface area contributed by atoms with Crippen LogP contribution in [-0.2, 0) is 12.8 Å². The monoisotopic (exact) mass is 272 g/mol. The summed E-state index contributed by atoms with van der Waals surface area (Å²) >= 11 is 6.20. The van der Waals surface area contributed by atoms with Gasteiger partial charge in [-0.3, -0.25) is 0 Å². The maximum absolute atomic E-state index is 10.9. The Labute approximate surface area is 116 Å². The number of carboxylic acid groups (broad SMARTS) is 1. The average Bonchev–Trinajstić information content (AvgIpc) is 2.85. The van der Waals surface area contributed by atoms with E-state index in [1.165, 1.54) is 23.6 Å². The normalized spacial score (nSPS) is 13.3. The predicted molar refractivity (Wildman–Crippen MR) is 75.9 cm³/mol. The number of fused-ring (bicyclic) bond motifs is 1. The molecule has 0 aromatic heterocycles. The van der Waals surface area contributed by atoms with E-state index < -0.39 is 5.97 Å². The van der Waals surface area contributed by atoms with Crippen LogP contribution in [0.5, 0.6) is 0 Å². The van der Waals surface area contributed by atoms with Crippen molar-refractivity contribution in [3.05, 3.63) is 58.1 Å². The van der Waals surface area contributed by atoms with Crippen LogP contribution in [0.3, 0.4) is 0 Å². The Morgan fingerprint density at radius 1 is 1.05 bits per heavy atom. The van der Waals surface area contributed by atoms with Gasteiger partial charge >= 0.3 is 5.97 Å². The third kappa shape index (κ3) is 2.24. The summed E-state index contributed by atoms with van der Waals surface area (Å²) in [5, 5.41) is 9.42. The highest BCUT2D eigenvalue weighted by molar-refractivity contribution is 6.33. The largest absolute Gasteiger partial charge is 0.478 e. The first-order valence-electron chi connectivity index (χ1n) is 6.30. The number of hydrogen-bond donors (Lipinski definition) is 1. The zero-order chi connectivity index (χ0) is 13.4. The zero-order valence-electron chi connectivity index (χ0n) is 10.3. The Morgan fingerprint density at radius 2 is 1.84 bits per heavy atom. The molecule has 0 saturated heterocycles. The smallest absolute Gasteiger partial charge is 0.335 e. The minimum Gasteiger partial charge on any atom is -0.478 e. The molecule has 0 atom stereocenters. The van der Waals surface area contributed by atoms with Crippen molar-refractivity contribution in [3.63, 3.8) is 0 Å². The first-order chi connectivity index (χ1) is 9.15. The quantitative estimate of drug-likeness (QED) is 0.890. The number of aryl methyl sites for hydroxylation is 2. The van der Waals surface area contributed by atoms with Crippen LogP contribution in [0.25, 0.3) is 11.1 Å². The molecule has 0 unspecified atom stereocenters. The molecular weight excluding hydrogens is 260 g/mol. The van der Waals surface area contributed by atoms with E-state index in [-0.39, 0.29) is 5.56 Å². The van der Waals surface area contributed by atoms with E-state index in [1.54, 1.807) is 12.1 Å². The fourth-order valence-corrected chi connectivity index (χ4v) is 2.91. The molecule has 1 N–H and O–H groups in total. The van der Waals surface area contributed by atoms with E-state index in [9.17, 15) is 4.79 Å². The van der Waals surface area contributed by atoms with Gasteiger partial charge in [0.2, 0.25) is 0 Å². The molecule has 2 aromatic rings. The van der Waals surface area contributed by atoms with E-state index in [4.69, 9.17) is 16.7 Å². The second kappa shape index (κ2) is 4.71. The SMILES string of the molecule is O=C(O)c1ccc(-c2ccc3c(c2)CCC3)c(Cl)c1. The first-order valence-corrected chi connectivity index (χ1v) is 6.68. The molecule has 3 rings (SSSR count). The van der Waals surface area contributed by atoms with Crippen molar-refractivity contribution in [2.45, 2.75) is 19.3 Å². The molecule has 0 spiro atoms. The molecule has 2 nitrogen and oxygen atoms in total. The van der Waals surface area contributed by atoms with E-state index in [0.717, 1.165) is 24.0 Å². The van der Waals surface area contributed by atoms with Gasteiger partial charge in [0.1, 0.15) is 0 Å². The summed E-state index contributed by atoms with van der Waals surface area (Å²) in [7, 11) is 0. The van der Waals surface area contributed by atoms with Gasteiger partial charge in [0, 0.05) is 10.6 Å². The number of hydrogen-bond acceptors (Lipinski definition) is 1. The molecule has 0 saturated carbocycles. The minimum atomic E-state index is -0.956. The molecule has 0 bridgehead atoms. The molecule has 1 aliphatic rings. The number of benzene rings is 2. The van der Waals surface area contributed by atoms with Gasteiger partial charge in [-0.1, -0.05) is 35.9 Å². The van der Waals surface area contributed by atoms with Gasteiger partial charge in [0.15, 0.2) is 0 Å². The minimum absolute atomic E-state index is 0.218. The lowest BCUT2D eigenvalue weighted by Crippen LogP contribution is -1.96. The van der Waals surface area contributed by atoms with Crippen LogP contribution >= 0.6 is 11.6 Å². The summed E-state index contributed by atoms with van der Waals surface area (Å²) < 4.78 is 0. The van der Waals surface area contributed by atoms with Crippen LogP contribution in [0.1, 0.15) is 27.9 Å². The van der Waals surface area contributed by atoms with Crippen LogP contribution in [-0.4, -0.2) is 11.1 Å². The number of aromatic carboxylic acids is 1. The fourth-order valence-electron chi connectivity index (χ4n) is 2.62. The summed E-state index contributed by atoms with van der Waals surface area (Å²) in [5.74, 6) is -0.956. The third-order valence-electron chi connectivity index (χ3n) is 3.63. The Hall–Kier alpha value is -1.80. The van der Waals surface area contributed by atoms with Gasteiger partial charge < -0.3 is 5.11 Å². The lowest BCUT2D eigenvalue weighted by molar-refractivity contribution is 0.0697. The van der Waals surface area contributed by atoms with Gasteiger partial charge in [0.25, 0.3) is 0 Å². The summed E-state index contributed by atoms with van der Waals surface area (Å²) in [4.78, 5) is 10.9. The van der Waals surface area contributed by atoms with Gasteiger partial charge in [0.05, 0.1) is 5.56 Å². The molecule has 2 aromatic carbocycles. The van der Waals surface area contributed by atoms with E-state index in [0.29, 0.717) is 5.02 Å². The zero-order valence-corrected chi connectivity index (χ0v) is 11.1. The Kier molecular flexibility index (Phi) is 3.03. The maximum atomic E-state index is 10.9. The van der Waals surface area contributed by atoms with Gasteiger partial charge in [-0.15, -0.1) is 0 Å². The molecule has 19 heavy (non-hydrogen) atoms. The standard InChI is InChI=1S/C16H13ClO2/c17-15-9-13(16(18)19)6-7-14(15)12-5-4-10-2-1-3-11(10)8-12/h4-9H,1-3H2,(H,18,19). The summed E-state index contributed by atoms with van der Waals surface area (Å²) in [6.45, 7) is 0. The molecule has 0 fully saturated rings. The number of rotatable bonds is 2. The van der Waals surface area contributed by atoms with Crippen molar-refractivity contribution < 1.29 is 9.90 Å². The molecule has 0 amide bonds. The van der Waals surface area contributed by atoms with Crippen LogP contribution in [0.2, 0.25) is 5.02 Å². The molecular formula is C16H13ClO2. The number of carboxylic acids is 1. The van der Waals surface area contributed by atoms with Crippen molar-refractivity contribution in [1.29, 1.82) is 0 Å². The molecule has 96 valence electrons. The van der Waals surface area contributed by atoms with Crippen LogP contribution in [0, 0.1) is 0 Å². The van der Waals surface area contributed by atoms with Crippen molar-refractivity contribution in [3.8, 4) is 11.1 Å². The third-order valence-corrected chi connectivity index (χ3v) is 3.94. The Bertz CT molecular complexity index is 662. The maximum Gasteiger partial charge on any atom is 0.335 e. The highest BCUT2D eigenvalue weighted by Gasteiger charge is 2.13. The first kappa shape index (κ1) is 12.2. The molecule has 0 aliphatic heterocycles. The predicted octanol–water partition coefficient (Wildman–Crippen LogP) is 4.19. The second-order valence-electron chi connectivity index (χ2n) is 4.84. The summed E-state index contributed by atoms with van der Waals surface area (Å²) in [6, 6.07) is 11.3. The lowest BCUT2D eigenvalue weighted by atomic mass is 9.99. The molecule has 0 radical (unpaired) electrons. The van der Waals surface area contributed by atoms with Gasteiger partial charge in [-0.2, -0.15) is 0 Å². The van der Waals surface area contributed by atoms with Crippen molar-refractivity contribution in [2.24, 2.45) is 0 Å². The molecule has 3 heteroatoms. The Morgan fingerprint density at radius 3 is 2.58 bits per heavy atom. The van der Waals surface area contributed by atoms with Crippen molar-refractivity contribution in [2.75, 3.05) is 0 Å². The topological polar surface area (TPSA) is 37.3 Å². The van der Waals surface area contributed by atoms with E-state index in [2.05, 4.69) is 18.2 Å². The average molecular weight is 273 g/mol. The van der Waals surface area contributed by atoms with Gasteiger partial charge in [-0.25, -0.2) is 4.79 Å². The summed E-state index contributed by atoms with van der Waals surface area (Å²) in [6.07, 6.45) is 3.49. The van der Waals surface area contributed by atoms with Crippen LogP contribution in [0.4, 0.5) is 0 Å². The van der Waals surface area contributed by atoms with Crippen molar-refractivity contribution in [1.82, 2.24) is 0 Å². The lowest BCUT2D eigenvalue weighted by Gasteiger charge is -2.08. The van der Waals surface area contributed by atoms with Crippen molar-refractivity contribution >= 4 is 17.6 Å². The molecule has 1 aliphatic carbocycles. The van der Waals surface area contributed by atoms with Crippen LogP contribution < -0.4 is 0 Å². The van der Waals surface area contributed by atoms with E-state index >= 15 is 0 Å². The fraction of sp³-hybridized carbons (Fsp3) is 0.188. The number of halogens is 1. The summed E-state index contributed by atoms with van der Waals surface area (Å²) in [5.41, 5.74) is 4.97. The highest BCUT2D eigenvalue weighted by Crippen LogP contribution is 2.32. The molecule has 0 heterocycles. The Balaban J connectivity index is 2.05. The highest BCUT2D eigenvalue weighted by atomic mass is 35.5. The number of carbonyl (C=O) groups is 1. The second-order valence-corrected chi connectivity index (χ2v) is 5.24.